The molecule has 7 heteroatoms. The summed E-state index contributed by atoms with van der Waals surface area (Å²) < 4.78 is 7.43. The molecule has 1 amide bonds. The quantitative estimate of drug-likeness (QED) is 0.871. The van der Waals surface area contributed by atoms with Crippen molar-refractivity contribution in [3.63, 3.8) is 0 Å². The van der Waals surface area contributed by atoms with Gasteiger partial charge in [0.25, 0.3) is 0 Å². The highest BCUT2D eigenvalue weighted by Gasteiger charge is 2.40. The van der Waals surface area contributed by atoms with Crippen molar-refractivity contribution in [2.75, 3.05) is 26.2 Å². The smallest absolute Gasteiger partial charge is 0.228 e. The number of ether oxygens (including phenoxy) is 1. The van der Waals surface area contributed by atoms with E-state index < -0.39 is 0 Å². The molecule has 0 aromatic carbocycles. The number of amides is 1. The molecule has 0 bridgehead atoms. The van der Waals surface area contributed by atoms with Crippen LogP contribution in [-0.4, -0.2) is 59.0 Å². The molecule has 0 spiro atoms. The van der Waals surface area contributed by atoms with Crippen LogP contribution in [0.4, 0.5) is 0 Å². The van der Waals surface area contributed by atoms with Gasteiger partial charge in [-0.1, -0.05) is 0 Å². The second-order valence-electron chi connectivity index (χ2n) is 6.17. The summed E-state index contributed by atoms with van der Waals surface area (Å²) in [5, 5.41) is 7.60. The molecular weight excluding hydrogens is 304 g/mol. The summed E-state index contributed by atoms with van der Waals surface area (Å²) in [6.07, 6.45) is 4.00. The van der Waals surface area contributed by atoms with Gasteiger partial charge in [-0.2, -0.15) is 5.10 Å². The van der Waals surface area contributed by atoms with Gasteiger partial charge in [-0.15, -0.1) is 12.4 Å². The van der Waals surface area contributed by atoms with Crippen molar-refractivity contribution >= 4 is 18.3 Å². The first-order valence-electron chi connectivity index (χ1n) is 7.69. The molecule has 1 N–H and O–H groups in total. The van der Waals surface area contributed by atoms with E-state index in [0.717, 1.165) is 18.7 Å². The third kappa shape index (κ3) is 3.14. The first-order chi connectivity index (χ1) is 10.1. The zero-order valence-electron chi connectivity index (χ0n) is 13.4. The highest BCUT2D eigenvalue weighted by molar-refractivity contribution is 5.85. The van der Waals surface area contributed by atoms with Crippen molar-refractivity contribution in [3.8, 4) is 0 Å². The molecule has 4 atom stereocenters. The summed E-state index contributed by atoms with van der Waals surface area (Å²) in [4.78, 5) is 14.9. The second-order valence-corrected chi connectivity index (χ2v) is 6.17. The topological polar surface area (TPSA) is 59.4 Å². The van der Waals surface area contributed by atoms with Gasteiger partial charge in [-0.05, 0) is 19.4 Å². The first kappa shape index (κ1) is 17.2. The lowest BCUT2D eigenvalue weighted by molar-refractivity contribution is -0.148. The van der Waals surface area contributed by atoms with Crippen molar-refractivity contribution in [3.05, 3.63) is 18.0 Å². The van der Waals surface area contributed by atoms with Crippen LogP contribution in [0.3, 0.4) is 0 Å². The van der Waals surface area contributed by atoms with E-state index in [0.29, 0.717) is 13.2 Å². The average Bonchev–Trinajstić information content (AvgIpc) is 3.09. The van der Waals surface area contributed by atoms with E-state index >= 15 is 0 Å². The minimum absolute atomic E-state index is 0. The van der Waals surface area contributed by atoms with Gasteiger partial charge in [0, 0.05) is 38.8 Å². The molecule has 2 aliphatic heterocycles. The summed E-state index contributed by atoms with van der Waals surface area (Å²) in [7, 11) is 1.91. The zero-order valence-corrected chi connectivity index (χ0v) is 14.2. The Labute approximate surface area is 137 Å². The van der Waals surface area contributed by atoms with E-state index in [1.807, 2.05) is 31.3 Å². The molecule has 6 nitrogen and oxygen atoms in total. The zero-order chi connectivity index (χ0) is 15.0. The molecule has 1 aromatic rings. The number of aromatic nitrogens is 2. The number of aryl methyl sites for hydroxylation is 1. The predicted octanol–water partition coefficient (Wildman–Crippen LogP) is 0.781. The van der Waals surface area contributed by atoms with Crippen LogP contribution in [0.5, 0.6) is 0 Å². The van der Waals surface area contributed by atoms with Crippen LogP contribution in [0.2, 0.25) is 0 Å². The molecule has 2 unspecified atom stereocenters. The summed E-state index contributed by atoms with van der Waals surface area (Å²) in [6.45, 7) is 7.03. The number of hydrogen-bond acceptors (Lipinski definition) is 4. The van der Waals surface area contributed by atoms with Gasteiger partial charge < -0.3 is 15.0 Å². The largest absolute Gasteiger partial charge is 0.375 e. The molecule has 2 fully saturated rings. The van der Waals surface area contributed by atoms with Gasteiger partial charge in [-0.3, -0.25) is 9.48 Å². The molecule has 22 heavy (non-hydrogen) atoms. The van der Waals surface area contributed by atoms with Gasteiger partial charge in [-0.25, -0.2) is 0 Å². The Kier molecular flexibility index (Phi) is 5.47. The van der Waals surface area contributed by atoms with E-state index in [1.165, 1.54) is 0 Å². The van der Waals surface area contributed by atoms with E-state index in [4.69, 9.17) is 4.74 Å². The Hall–Kier alpha value is -1.11. The fourth-order valence-corrected chi connectivity index (χ4v) is 3.38. The maximum Gasteiger partial charge on any atom is 0.228 e. The molecule has 2 aliphatic rings. The van der Waals surface area contributed by atoms with E-state index in [9.17, 15) is 4.79 Å². The molecule has 2 saturated heterocycles. The highest BCUT2D eigenvalue weighted by Crippen LogP contribution is 2.30. The summed E-state index contributed by atoms with van der Waals surface area (Å²) in [6, 6.07) is 0.140. The first-order valence-corrected chi connectivity index (χ1v) is 7.69. The van der Waals surface area contributed by atoms with E-state index in [-0.39, 0.29) is 42.3 Å². The lowest BCUT2D eigenvalue weighted by Gasteiger charge is -2.39. The molecule has 0 radical (unpaired) electrons. The standard InChI is InChI=1S/C15H24N4O2.ClH/c1-10-11(2)21-5-4-19(10)15(20)14-8-16-7-13(14)12-6-17-18(3)9-12;/h6,9-11,13-14,16H,4-5,7-8H2,1-3H3;1H/t10?,11?,13-,14+;/m1./s1. The van der Waals surface area contributed by atoms with Crippen molar-refractivity contribution in [1.82, 2.24) is 20.0 Å². The molecule has 3 rings (SSSR count). The molecule has 0 aliphatic carbocycles. The Morgan fingerprint density at radius 1 is 1.41 bits per heavy atom. The molecule has 1 aromatic heterocycles. The van der Waals surface area contributed by atoms with Gasteiger partial charge >= 0.3 is 0 Å². The number of carbonyl (C=O) groups excluding carboxylic acids is 1. The van der Waals surface area contributed by atoms with Crippen LogP contribution < -0.4 is 5.32 Å². The number of nitrogens with zero attached hydrogens (tertiary/aromatic N) is 3. The average molecular weight is 329 g/mol. The fraction of sp³-hybridized carbons (Fsp3) is 0.733. The van der Waals surface area contributed by atoms with Crippen LogP contribution in [-0.2, 0) is 16.6 Å². The number of halogens is 1. The SMILES string of the molecule is CC1OCCN(C(=O)[C@H]2CNC[C@@H]2c2cnn(C)c2)C1C.Cl. The van der Waals surface area contributed by atoms with Crippen molar-refractivity contribution < 1.29 is 9.53 Å². The predicted molar refractivity (Wildman–Crippen MR) is 86.1 cm³/mol. The second kappa shape index (κ2) is 6.98. The van der Waals surface area contributed by atoms with Crippen LogP contribution in [0.25, 0.3) is 0 Å². The Morgan fingerprint density at radius 3 is 2.86 bits per heavy atom. The van der Waals surface area contributed by atoms with Crippen LogP contribution in [0.15, 0.2) is 12.4 Å². The number of carbonyl (C=O) groups is 1. The van der Waals surface area contributed by atoms with Crippen molar-refractivity contribution in [2.45, 2.75) is 31.9 Å². The fourth-order valence-electron chi connectivity index (χ4n) is 3.38. The third-order valence-electron chi connectivity index (χ3n) is 4.85. The highest BCUT2D eigenvalue weighted by atomic mass is 35.5. The summed E-state index contributed by atoms with van der Waals surface area (Å²) in [5.41, 5.74) is 1.15. The van der Waals surface area contributed by atoms with Crippen LogP contribution in [0.1, 0.15) is 25.3 Å². The van der Waals surface area contributed by atoms with Gasteiger partial charge in [0.05, 0.1) is 30.9 Å². The van der Waals surface area contributed by atoms with Crippen molar-refractivity contribution in [1.29, 1.82) is 0 Å². The van der Waals surface area contributed by atoms with Crippen LogP contribution in [0, 0.1) is 5.92 Å². The molecule has 124 valence electrons. The Morgan fingerprint density at radius 2 is 2.18 bits per heavy atom. The van der Waals surface area contributed by atoms with Gasteiger partial charge in [0.1, 0.15) is 0 Å². The third-order valence-corrected chi connectivity index (χ3v) is 4.85. The summed E-state index contributed by atoms with van der Waals surface area (Å²) in [5.74, 6) is 0.468. The number of hydrogen-bond donors (Lipinski definition) is 1. The summed E-state index contributed by atoms with van der Waals surface area (Å²) >= 11 is 0. The normalized spacial score (nSPS) is 31.9. The lowest BCUT2D eigenvalue weighted by Crippen LogP contribution is -2.53. The lowest BCUT2D eigenvalue weighted by atomic mass is 9.89. The Balaban J connectivity index is 0.00000176. The maximum atomic E-state index is 13.0. The molecule has 3 heterocycles. The van der Waals surface area contributed by atoms with E-state index in [1.54, 1.807) is 4.68 Å². The molecule has 0 saturated carbocycles. The van der Waals surface area contributed by atoms with E-state index in [2.05, 4.69) is 17.3 Å². The molecular formula is C15H25ClN4O2. The Bertz CT molecular complexity index is 521. The monoisotopic (exact) mass is 328 g/mol. The van der Waals surface area contributed by atoms with Crippen molar-refractivity contribution in [2.24, 2.45) is 13.0 Å². The number of morpholine rings is 1. The number of nitrogens with one attached hydrogen (secondary N) is 1. The minimum Gasteiger partial charge on any atom is -0.375 e. The maximum absolute atomic E-state index is 13.0. The number of rotatable bonds is 2. The van der Waals surface area contributed by atoms with Gasteiger partial charge in [0.2, 0.25) is 5.91 Å². The van der Waals surface area contributed by atoms with Crippen LogP contribution >= 0.6 is 12.4 Å². The van der Waals surface area contributed by atoms with Gasteiger partial charge in [0.15, 0.2) is 0 Å². The minimum atomic E-state index is 0.